The molecule has 1 amide bonds. The quantitative estimate of drug-likeness (QED) is 0.521. The summed E-state index contributed by atoms with van der Waals surface area (Å²) >= 11 is 0. The van der Waals surface area contributed by atoms with Gasteiger partial charge >= 0.3 is 0 Å². The third kappa shape index (κ3) is 3.10. The molecule has 7 heteroatoms. The van der Waals surface area contributed by atoms with E-state index < -0.39 is 11.2 Å². The van der Waals surface area contributed by atoms with Gasteiger partial charge in [-0.2, -0.15) is 5.01 Å². The number of nitro groups is 1. The Morgan fingerprint density at radius 1 is 1.07 bits per heavy atom. The number of non-ortho nitro benzene ring substituents is 1. The molecule has 1 aliphatic rings. The molecular weight excluding hydrogens is 346 g/mol. The fourth-order valence-corrected chi connectivity index (χ4v) is 2.99. The molecule has 0 saturated heterocycles. The number of nitro benzene ring substituents is 1. The second-order valence-electron chi connectivity index (χ2n) is 6.15. The molecule has 4 rings (SSSR count). The van der Waals surface area contributed by atoms with Crippen LogP contribution in [0, 0.1) is 10.1 Å². The van der Waals surface area contributed by atoms with Crippen LogP contribution in [0.1, 0.15) is 24.3 Å². The SMILES string of the molecule is CC(=O)N1N=C(c2ccc([N+](=O)[O-])cc2)O[C@H]1c1ccc2ccccc2c1. The number of carbonyl (C=O) groups is 1. The first-order valence-electron chi connectivity index (χ1n) is 8.31. The van der Waals surface area contributed by atoms with E-state index in [9.17, 15) is 14.9 Å². The predicted molar refractivity (Wildman–Crippen MR) is 99.9 cm³/mol. The van der Waals surface area contributed by atoms with Gasteiger partial charge in [0.25, 0.3) is 5.69 Å². The van der Waals surface area contributed by atoms with E-state index in [2.05, 4.69) is 5.10 Å². The van der Waals surface area contributed by atoms with Gasteiger partial charge in [-0.05, 0) is 29.0 Å². The first-order chi connectivity index (χ1) is 13.0. The summed E-state index contributed by atoms with van der Waals surface area (Å²) in [5.74, 6) is -0.0108. The fourth-order valence-electron chi connectivity index (χ4n) is 2.99. The van der Waals surface area contributed by atoms with Gasteiger partial charge in [0.15, 0.2) is 0 Å². The van der Waals surface area contributed by atoms with Gasteiger partial charge < -0.3 is 4.74 Å². The minimum absolute atomic E-state index is 0.0214. The van der Waals surface area contributed by atoms with Gasteiger partial charge in [-0.15, -0.1) is 5.10 Å². The van der Waals surface area contributed by atoms with E-state index in [1.54, 1.807) is 12.1 Å². The van der Waals surface area contributed by atoms with Crippen LogP contribution in [0.3, 0.4) is 0 Å². The highest BCUT2D eigenvalue weighted by molar-refractivity contribution is 5.96. The summed E-state index contributed by atoms with van der Waals surface area (Å²) in [6.45, 7) is 1.42. The smallest absolute Gasteiger partial charge is 0.269 e. The van der Waals surface area contributed by atoms with Crippen LogP contribution in [0.4, 0.5) is 5.69 Å². The number of hydrazone groups is 1. The summed E-state index contributed by atoms with van der Waals surface area (Å²) in [5, 5.41) is 18.5. The fraction of sp³-hybridized carbons (Fsp3) is 0.100. The number of hydrogen-bond donors (Lipinski definition) is 0. The van der Waals surface area contributed by atoms with Crippen LogP contribution >= 0.6 is 0 Å². The van der Waals surface area contributed by atoms with Crippen LogP contribution in [-0.2, 0) is 9.53 Å². The van der Waals surface area contributed by atoms with E-state index in [-0.39, 0.29) is 17.5 Å². The molecule has 0 aliphatic carbocycles. The standard InChI is InChI=1S/C20H15N3O4/c1-13(24)22-20(17-7-6-14-4-2-3-5-16(14)12-17)27-19(21-22)15-8-10-18(11-9-15)23(25)26/h2-12,20H,1H3/t20-/m0/s1. The van der Waals surface area contributed by atoms with Crippen LogP contribution in [0.5, 0.6) is 0 Å². The summed E-state index contributed by atoms with van der Waals surface area (Å²) in [6, 6.07) is 19.6. The molecule has 0 saturated carbocycles. The number of benzene rings is 3. The lowest BCUT2D eigenvalue weighted by Gasteiger charge is -2.19. The largest absolute Gasteiger partial charge is 0.446 e. The average Bonchev–Trinajstić information content (AvgIpc) is 3.13. The van der Waals surface area contributed by atoms with Crippen molar-refractivity contribution < 1.29 is 14.5 Å². The summed E-state index contributed by atoms with van der Waals surface area (Å²) in [6.07, 6.45) is -0.683. The molecule has 134 valence electrons. The molecule has 3 aromatic rings. The molecule has 27 heavy (non-hydrogen) atoms. The maximum absolute atomic E-state index is 12.1. The summed E-state index contributed by atoms with van der Waals surface area (Å²) in [4.78, 5) is 22.4. The highest BCUT2D eigenvalue weighted by Crippen LogP contribution is 2.32. The number of amides is 1. The second-order valence-corrected chi connectivity index (χ2v) is 6.15. The topological polar surface area (TPSA) is 85.0 Å². The molecule has 1 heterocycles. The normalized spacial score (nSPS) is 16.1. The van der Waals surface area contributed by atoms with Gasteiger partial charge in [0.1, 0.15) is 0 Å². The second kappa shape index (κ2) is 6.53. The zero-order valence-corrected chi connectivity index (χ0v) is 14.4. The lowest BCUT2D eigenvalue weighted by atomic mass is 10.1. The molecule has 1 atom stereocenters. The highest BCUT2D eigenvalue weighted by atomic mass is 16.6. The minimum Gasteiger partial charge on any atom is -0.446 e. The van der Waals surface area contributed by atoms with Gasteiger partial charge in [0.05, 0.1) is 4.92 Å². The number of nitrogens with zero attached hydrogens (tertiary/aromatic N) is 3. The maximum atomic E-state index is 12.1. The van der Waals surface area contributed by atoms with E-state index >= 15 is 0 Å². The van der Waals surface area contributed by atoms with Crippen molar-refractivity contribution in [1.82, 2.24) is 5.01 Å². The first kappa shape index (κ1) is 16.7. The van der Waals surface area contributed by atoms with Crippen LogP contribution < -0.4 is 0 Å². The van der Waals surface area contributed by atoms with E-state index in [0.29, 0.717) is 5.56 Å². The molecule has 0 radical (unpaired) electrons. The van der Waals surface area contributed by atoms with Gasteiger partial charge in [-0.3, -0.25) is 14.9 Å². The Kier molecular flexibility index (Phi) is 4.04. The monoisotopic (exact) mass is 361 g/mol. The number of hydrogen-bond acceptors (Lipinski definition) is 5. The molecule has 0 spiro atoms. The van der Waals surface area contributed by atoms with Crippen LogP contribution in [0.2, 0.25) is 0 Å². The molecule has 3 aromatic carbocycles. The Bertz CT molecular complexity index is 1080. The van der Waals surface area contributed by atoms with Crippen molar-refractivity contribution in [2.75, 3.05) is 0 Å². The van der Waals surface area contributed by atoms with Crippen molar-refractivity contribution in [2.24, 2.45) is 5.10 Å². The van der Waals surface area contributed by atoms with E-state index in [4.69, 9.17) is 4.74 Å². The lowest BCUT2D eigenvalue weighted by Crippen LogP contribution is -2.25. The zero-order valence-electron chi connectivity index (χ0n) is 14.4. The molecule has 0 N–H and O–H groups in total. The van der Waals surface area contributed by atoms with Crippen molar-refractivity contribution in [1.29, 1.82) is 0 Å². The number of ether oxygens (including phenoxy) is 1. The molecule has 1 aliphatic heterocycles. The first-order valence-corrected chi connectivity index (χ1v) is 8.31. The molecule has 0 unspecified atom stereocenters. The summed E-state index contributed by atoms with van der Waals surface area (Å²) in [5.41, 5.74) is 1.34. The molecule has 0 aromatic heterocycles. The van der Waals surface area contributed by atoms with Crippen LogP contribution in [-0.4, -0.2) is 21.7 Å². The van der Waals surface area contributed by atoms with Crippen LogP contribution in [0.15, 0.2) is 71.8 Å². The van der Waals surface area contributed by atoms with Crippen molar-refractivity contribution in [2.45, 2.75) is 13.2 Å². The Hall–Kier alpha value is -3.74. The number of rotatable bonds is 3. The van der Waals surface area contributed by atoms with Gasteiger partial charge in [0.2, 0.25) is 18.0 Å². The van der Waals surface area contributed by atoms with Crippen molar-refractivity contribution in [3.05, 3.63) is 88.0 Å². The summed E-state index contributed by atoms with van der Waals surface area (Å²) in [7, 11) is 0. The third-order valence-corrected chi connectivity index (χ3v) is 4.35. The van der Waals surface area contributed by atoms with Gasteiger partial charge in [-0.25, -0.2) is 0 Å². The Labute approximate surface area is 154 Å². The molecule has 7 nitrogen and oxygen atoms in total. The average molecular weight is 361 g/mol. The number of carbonyl (C=O) groups excluding carboxylic acids is 1. The Balaban J connectivity index is 1.68. The Morgan fingerprint density at radius 3 is 2.44 bits per heavy atom. The van der Waals surface area contributed by atoms with E-state index in [1.807, 2.05) is 42.5 Å². The van der Waals surface area contributed by atoms with E-state index in [0.717, 1.165) is 16.3 Å². The van der Waals surface area contributed by atoms with Gasteiger partial charge in [-0.1, -0.05) is 36.4 Å². The van der Waals surface area contributed by atoms with Crippen molar-refractivity contribution in [3.63, 3.8) is 0 Å². The predicted octanol–water partition coefficient (Wildman–Crippen LogP) is 3.99. The molecule has 0 fully saturated rings. The van der Waals surface area contributed by atoms with E-state index in [1.165, 1.54) is 24.1 Å². The van der Waals surface area contributed by atoms with Gasteiger partial charge in [0, 0.05) is 30.2 Å². The van der Waals surface area contributed by atoms with Crippen LogP contribution in [0.25, 0.3) is 10.8 Å². The molecule has 0 bridgehead atoms. The third-order valence-electron chi connectivity index (χ3n) is 4.35. The highest BCUT2D eigenvalue weighted by Gasteiger charge is 2.33. The van der Waals surface area contributed by atoms with Crippen molar-refractivity contribution >= 4 is 28.3 Å². The maximum Gasteiger partial charge on any atom is 0.269 e. The minimum atomic E-state index is -0.683. The Morgan fingerprint density at radius 2 is 1.78 bits per heavy atom. The number of fused-ring (bicyclic) bond motifs is 1. The van der Waals surface area contributed by atoms with Crippen molar-refractivity contribution in [3.8, 4) is 0 Å². The lowest BCUT2D eigenvalue weighted by molar-refractivity contribution is -0.384. The molecular formula is C20H15N3O4. The summed E-state index contributed by atoms with van der Waals surface area (Å²) < 4.78 is 5.94. The zero-order chi connectivity index (χ0) is 19.0.